The van der Waals surface area contributed by atoms with E-state index in [4.69, 9.17) is 14.6 Å². The van der Waals surface area contributed by atoms with Gasteiger partial charge in [-0.25, -0.2) is 4.79 Å². The van der Waals surface area contributed by atoms with Gasteiger partial charge in [-0.05, 0) is 6.07 Å². The van der Waals surface area contributed by atoms with Gasteiger partial charge in [-0.3, -0.25) is 9.65 Å². The van der Waals surface area contributed by atoms with Crippen LogP contribution in [0.4, 0.5) is 0 Å². The minimum absolute atomic E-state index is 0.338. The van der Waals surface area contributed by atoms with Gasteiger partial charge < -0.3 is 29.8 Å². The molecule has 0 spiro atoms. The van der Waals surface area contributed by atoms with Crippen LogP contribution in [-0.4, -0.2) is 67.9 Å². The molecule has 0 saturated carbocycles. The quantitative estimate of drug-likeness (QED) is 0.284. The van der Waals surface area contributed by atoms with Gasteiger partial charge in [0.25, 0.3) is 0 Å². The number of ether oxygens (including phenoxy) is 2. The van der Waals surface area contributed by atoms with Crippen molar-refractivity contribution in [2.24, 2.45) is 0 Å². The van der Waals surface area contributed by atoms with Crippen molar-refractivity contribution in [3.05, 3.63) is 28.4 Å². The van der Waals surface area contributed by atoms with Crippen molar-refractivity contribution in [1.82, 2.24) is 19.6 Å². The lowest BCUT2D eigenvalue weighted by Crippen LogP contribution is -2.35. The number of hydrogen-bond acceptors (Lipinski definition) is 8. The molecular formula is C14H21N4O6P. The summed E-state index contributed by atoms with van der Waals surface area (Å²) < 4.78 is 12.0. The van der Waals surface area contributed by atoms with E-state index >= 15 is 0 Å². The lowest BCUT2D eigenvalue weighted by atomic mass is 10.1. The van der Waals surface area contributed by atoms with Gasteiger partial charge in [0.05, 0.1) is 19.8 Å². The molecule has 0 aromatic carbocycles. The SMILES string of the molecule is O=c1nc2[nH]c(COCCNP)cc2cn1C1O[C@H](CO)[C@@H](O)[C@H]1O. The van der Waals surface area contributed by atoms with Gasteiger partial charge in [-0.1, -0.05) is 9.39 Å². The molecule has 3 heterocycles. The number of aliphatic hydroxyl groups is 3. The summed E-state index contributed by atoms with van der Waals surface area (Å²) >= 11 is 0. The summed E-state index contributed by atoms with van der Waals surface area (Å²) in [6, 6.07) is 1.79. The van der Waals surface area contributed by atoms with E-state index in [9.17, 15) is 15.0 Å². The minimum atomic E-state index is -1.34. The lowest BCUT2D eigenvalue weighted by molar-refractivity contribution is -0.0547. The molecule has 1 fully saturated rings. The Hall–Kier alpha value is -1.39. The number of H-pyrrole nitrogens is 1. The predicted molar refractivity (Wildman–Crippen MR) is 90.7 cm³/mol. The smallest absolute Gasteiger partial charge is 0.351 e. The van der Waals surface area contributed by atoms with Gasteiger partial charge in [0.1, 0.15) is 24.0 Å². The molecular weight excluding hydrogens is 351 g/mol. The van der Waals surface area contributed by atoms with Gasteiger partial charge in [0.15, 0.2) is 6.23 Å². The molecule has 0 bridgehead atoms. The van der Waals surface area contributed by atoms with Crippen LogP contribution >= 0.6 is 9.39 Å². The fourth-order valence-electron chi connectivity index (χ4n) is 2.75. The van der Waals surface area contributed by atoms with E-state index in [1.807, 2.05) is 0 Å². The summed E-state index contributed by atoms with van der Waals surface area (Å²) in [5.41, 5.74) is 0.518. The topological polar surface area (TPSA) is 142 Å². The van der Waals surface area contributed by atoms with Crippen molar-refractivity contribution in [2.75, 3.05) is 19.8 Å². The summed E-state index contributed by atoms with van der Waals surface area (Å²) in [7, 11) is 2.39. The Morgan fingerprint density at radius 3 is 2.92 bits per heavy atom. The van der Waals surface area contributed by atoms with Crippen molar-refractivity contribution < 1.29 is 24.8 Å². The molecule has 11 heteroatoms. The monoisotopic (exact) mass is 372 g/mol. The van der Waals surface area contributed by atoms with Crippen LogP contribution in [0, 0.1) is 0 Å². The van der Waals surface area contributed by atoms with Gasteiger partial charge >= 0.3 is 5.69 Å². The molecule has 2 aromatic heterocycles. The largest absolute Gasteiger partial charge is 0.394 e. The first-order chi connectivity index (χ1) is 12.0. The average molecular weight is 372 g/mol. The Labute approximate surface area is 145 Å². The third kappa shape index (κ3) is 3.75. The molecule has 0 amide bonds. The fourth-order valence-corrected chi connectivity index (χ4v) is 2.87. The van der Waals surface area contributed by atoms with E-state index in [0.717, 1.165) is 10.3 Å². The minimum Gasteiger partial charge on any atom is -0.394 e. The highest BCUT2D eigenvalue weighted by atomic mass is 31.0. The molecule has 10 nitrogen and oxygen atoms in total. The first-order valence-corrected chi connectivity index (χ1v) is 8.37. The van der Waals surface area contributed by atoms with Crippen molar-refractivity contribution in [2.45, 2.75) is 31.1 Å². The van der Waals surface area contributed by atoms with Crippen LogP contribution in [0.3, 0.4) is 0 Å². The standard InChI is InChI=1S/C14H21N4O6P/c19-5-9-10(20)11(21)13(24-9)18-4-7-3-8(6-23-2-1-15-25)16-12(7)17-14(18)22/h3-4,9-11,13,15,19-21H,1-2,5-6,25H2,(H,16,17,22)/t9-,10-,11-,13?/m1/s1. The maximum Gasteiger partial charge on any atom is 0.351 e. The Kier molecular flexibility index (Phi) is 5.80. The van der Waals surface area contributed by atoms with E-state index in [0.29, 0.717) is 30.8 Å². The van der Waals surface area contributed by atoms with E-state index in [1.165, 1.54) is 6.20 Å². The average Bonchev–Trinajstić information content (AvgIpc) is 3.12. The zero-order valence-electron chi connectivity index (χ0n) is 13.3. The molecule has 1 aliphatic rings. The summed E-state index contributed by atoms with van der Waals surface area (Å²) in [5, 5.41) is 32.6. The third-order valence-electron chi connectivity index (χ3n) is 4.03. The number of rotatable bonds is 7. The van der Waals surface area contributed by atoms with E-state index in [-0.39, 0.29) is 0 Å². The predicted octanol–water partition coefficient (Wildman–Crippen LogP) is -1.77. The second kappa shape index (κ2) is 7.88. The number of aromatic nitrogens is 3. The van der Waals surface area contributed by atoms with Crippen LogP contribution in [0.25, 0.3) is 11.0 Å². The van der Waals surface area contributed by atoms with E-state index in [1.54, 1.807) is 6.07 Å². The zero-order valence-corrected chi connectivity index (χ0v) is 14.5. The van der Waals surface area contributed by atoms with Crippen LogP contribution < -0.4 is 10.8 Å². The summed E-state index contributed by atoms with van der Waals surface area (Å²) in [6.07, 6.45) is -3.19. The number of aromatic amines is 1. The molecule has 5 atom stereocenters. The Balaban J connectivity index is 1.83. The number of nitrogens with one attached hydrogen (secondary N) is 2. The second-order valence-corrected chi connectivity index (χ2v) is 6.17. The van der Waals surface area contributed by atoms with Gasteiger partial charge in [-0.2, -0.15) is 4.98 Å². The highest BCUT2D eigenvalue weighted by Gasteiger charge is 2.43. The first kappa shape index (κ1) is 18.4. The molecule has 3 rings (SSSR count). The highest BCUT2D eigenvalue weighted by molar-refractivity contribution is 7.13. The summed E-state index contributed by atoms with van der Waals surface area (Å²) in [5.74, 6) is 0. The van der Waals surface area contributed by atoms with Gasteiger partial charge in [0.2, 0.25) is 0 Å². The number of nitrogens with zero attached hydrogens (tertiary/aromatic N) is 2. The van der Waals surface area contributed by atoms with Crippen molar-refractivity contribution in [1.29, 1.82) is 0 Å². The van der Waals surface area contributed by atoms with Crippen LogP contribution in [-0.2, 0) is 16.1 Å². The molecule has 5 N–H and O–H groups in total. The molecule has 25 heavy (non-hydrogen) atoms. The van der Waals surface area contributed by atoms with Gasteiger partial charge in [-0.15, -0.1) is 0 Å². The molecule has 1 aliphatic heterocycles. The molecule has 2 unspecified atom stereocenters. The van der Waals surface area contributed by atoms with Crippen molar-refractivity contribution >= 4 is 20.4 Å². The normalized spacial score (nSPS) is 26.6. The van der Waals surface area contributed by atoms with Crippen LogP contribution in [0.2, 0.25) is 0 Å². The zero-order chi connectivity index (χ0) is 18.0. The first-order valence-electron chi connectivity index (χ1n) is 7.79. The van der Waals surface area contributed by atoms with Crippen LogP contribution in [0.15, 0.2) is 17.1 Å². The maximum atomic E-state index is 12.2. The fraction of sp³-hybridized carbons (Fsp3) is 0.571. The Morgan fingerprint density at radius 2 is 2.24 bits per heavy atom. The number of hydrogen-bond donors (Lipinski definition) is 5. The van der Waals surface area contributed by atoms with Crippen molar-refractivity contribution in [3.63, 3.8) is 0 Å². The highest BCUT2D eigenvalue weighted by Crippen LogP contribution is 2.28. The Morgan fingerprint density at radius 1 is 1.44 bits per heavy atom. The summed E-state index contributed by atoms with van der Waals surface area (Å²) in [6.45, 7) is 1.10. The van der Waals surface area contributed by atoms with Gasteiger partial charge in [0, 0.05) is 23.8 Å². The molecule has 0 aliphatic carbocycles. The number of aliphatic hydroxyl groups excluding tert-OH is 3. The molecule has 138 valence electrons. The molecule has 2 aromatic rings. The van der Waals surface area contributed by atoms with Crippen LogP contribution in [0.1, 0.15) is 11.9 Å². The second-order valence-electron chi connectivity index (χ2n) is 5.76. The molecule has 1 saturated heterocycles. The maximum absolute atomic E-state index is 12.2. The summed E-state index contributed by atoms with van der Waals surface area (Å²) in [4.78, 5) is 19.2. The molecule has 0 radical (unpaired) electrons. The number of fused-ring (bicyclic) bond motifs is 1. The van der Waals surface area contributed by atoms with Crippen molar-refractivity contribution in [3.8, 4) is 0 Å². The third-order valence-corrected chi connectivity index (χ3v) is 4.32. The Bertz CT molecular complexity index is 780. The van der Waals surface area contributed by atoms with E-state index in [2.05, 4.69) is 24.4 Å². The lowest BCUT2D eigenvalue weighted by Gasteiger charge is -2.16. The van der Waals surface area contributed by atoms with E-state index < -0.39 is 36.8 Å². The van der Waals surface area contributed by atoms with Crippen LogP contribution in [0.5, 0.6) is 0 Å².